The van der Waals surface area contributed by atoms with Crippen molar-refractivity contribution < 1.29 is 13.3 Å². The molecule has 0 aliphatic carbocycles. The van der Waals surface area contributed by atoms with E-state index in [1.165, 1.54) is 11.1 Å². The molecule has 0 spiro atoms. The first-order valence-corrected chi connectivity index (χ1v) is 18.0. The number of fused-ring (bicyclic) bond motifs is 8. The SMILES string of the molecule is c1ccc(-c2ccc(N(c3ccc(-c4cccc5c4oc4ccc6oc(-c7ccccc7)nc6c45)cc3)c3cccc4oc5ccccc5c34)cc2)cc1. The van der Waals surface area contributed by atoms with Gasteiger partial charge in [-0.05, 0) is 83.4 Å². The molecule has 54 heavy (non-hydrogen) atoms. The Morgan fingerprint density at radius 3 is 1.74 bits per heavy atom. The quantitative estimate of drug-likeness (QED) is 0.173. The van der Waals surface area contributed by atoms with Crippen LogP contribution in [0.3, 0.4) is 0 Å². The van der Waals surface area contributed by atoms with Gasteiger partial charge in [-0.25, -0.2) is 4.98 Å². The molecule has 0 aliphatic rings. The first-order chi connectivity index (χ1) is 26.8. The molecule has 254 valence electrons. The topological polar surface area (TPSA) is 55.6 Å². The Labute approximate surface area is 309 Å². The van der Waals surface area contributed by atoms with Crippen molar-refractivity contribution in [3.8, 4) is 33.7 Å². The Kier molecular flexibility index (Phi) is 6.79. The highest BCUT2D eigenvalue weighted by molar-refractivity contribution is 6.19. The van der Waals surface area contributed by atoms with Crippen molar-refractivity contribution in [2.45, 2.75) is 0 Å². The molecule has 8 aromatic carbocycles. The predicted octanol–water partition coefficient (Wildman–Crippen LogP) is 14.1. The van der Waals surface area contributed by atoms with E-state index in [4.69, 9.17) is 18.2 Å². The minimum atomic E-state index is 0.595. The zero-order chi connectivity index (χ0) is 35.6. The minimum Gasteiger partial charge on any atom is -0.456 e. The number of rotatable bonds is 6. The van der Waals surface area contributed by atoms with Gasteiger partial charge in [0.25, 0.3) is 0 Å². The average molecular weight is 695 g/mol. The van der Waals surface area contributed by atoms with E-state index < -0.39 is 0 Å². The summed E-state index contributed by atoms with van der Waals surface area (Å²) in [5.41, 5.74) is 13.3. The second-order valence-corrected chi connectivity index (χ2v) is 13.5. The van der Waals surface area contributed by atoms with E-state index in [0.29, 0.717) is 5.89 Å². The van der Waals surface area contributed by atoms with Gasteiger partial charge >= 0.3 is 0 Å². The van der Waals surface area contributed by atoms with Gasteiger partial charge in [-0.1, -0.05) is 115 Å². The van der Waals surface area contributed by atoms with Gasteiger partial charge in [-0.2, -0.15) is 0 Å². The van der Waals surface area contributed by atoms with Gasteiger partial charge in [0, 0.05) is 33.3 Å². The van der Waals surface area contributed by atoms with Crippen LogP contribution in [0.1, 0.15) is 0 Å². The van der Waals surface area contributed by atoms with Gasteiger partial charge in [-0.15, -0.1) is 0 Å². The summed E-state index contributed by atoms with van der Waals surface area (Å²) >= 11 is 0. The highest BCUT2D eigenvalue weighted by Gasteiger charge is 2.21. The van der Waals surface area contributed by atoms with Gasteiger partial charge in [0.2, 0.25) is 5.89 Å². The lowest BCUT2D eigenvalue weighted by atomic mass is 10.0. The van der Waals surface area contributed by atoms with Crippen LogP contribution in [-0.2, 0) is 0 Å². The Hall–Kier alpha value is -7.37. The van der Waals surface area contributed by atoms with Crippen LogP contribution in [0.4, 0.5) is 17.1 Å². The molecule has 11 aromatic rings. The van der Waals surface area contributed by atoms with Crippen LogP contribution in [-0.4, -0.2) is 4.98 Å². The summed E-state index contributed by atoms with van der Waals surface area (Å²) < 4.78 is 19.2. The fourth-order valence-corrected chi connectivity index (χ4v) is 7.80. The molecular weight excluding hydrogens is 665 g/mol. The van der Waals surface area contributed by atoms with Crippen molar-refractivity contribution in [3.05, 3.63) is 182 Å². The average Bonchev–Trinajstić information content (AvgIpc) is 3.96. The maximum Gasteiger partial charge on any atom is 0.227 e. The number of furan rings is 2. The molecule has 5 nitrogen and oxygen atoms in total. The second kappa shape index (κ2) is 12.1. The molecule has 0 unspecified atom stereocenters. The van der Waals surface area contributed by atoms with Gasteiger partial charge in [-0.3, -0.25) is 0 Å². The molecule has 0 saturated carbocycles. The van der Waals surface area contributed by atoms with Crippen LogP contribution in [0.15, 0.2) is 195 Å². The zero-order valence-electron chi connectivity index (χ0n) is 28.9. The number of oxazole rings is 1. The maximum absolute atomic E-state index is 6.60. The molecule has 0 amide bonds. The first-order valence-electron chi connectivity index (χ1n) is 18.0. The molecule has 0 fully saturated rings. The molecule has 5 heteroatoms. The largest absolute Gasteiger partial charge is 0.456 e. The summed E-state index contributed by atoms with van der Waals surface area (Å²) in [6.07, 6.45) is 0. The van der Waals surface area contributed by atoms with Crippen LogP contribution >= 0.6 is 0 Å². The number of anilines is 3. The number of benzene rings is 8. The van der Waals surface area contributed by atoms with Crippen LogP contribution in [0, 0.1) is 0 Å². The number of hydrogen-bond acceptors (Lipinski definition) is 5. The molecule has 0 radical (unpaired) electrons. The van der Waals surface area contributed by atoms with E-state index in [9.17, 15) is 0 Å². The van der Waals surface area contributed by atoms with Crippen molar-refractivity contribution in [2.75, 3.05) is 4.90 Å². The van der Waals surface area contributed by atoms with E-state index in [-0.39, 0.29) is 0 Å². The summed E-state index contributed by atoms with van der Waals surface area (Å²) in [6.45, 7) is 0. The van der Waals surface area contributed by atoms with Gasteiger partial charge in [0.05, 0.1) is 16.5 Å². The summed E-state index contributed by atoms with van der Waals surface area (Å²) in [5.74, 6) is 0.595. The fraction of sp³-hybridized carbons (Fsp3) is 0. The maximum atomic E-state index is 6.60. The Morgan fingerprint density at radius 1 is 0.370 bits per heavy atom. The van der Waals surface area contributed by atoms with Crippen LogP contribution in [0.25, 0.3) is 88.7 Å². The van der Waals surface area contributed by atoms with E-state index in [0.717, 1.165) is 88.7 Å². The molecule has 0 bridgehead atoms. The monoisotopic (exact) mass is 694 g/mol. The third-order valence-electron chi connectivity index (χ3n) is 10.3. The fourth-order valence-electron chi connectivity index (χ4n) is 7.80. The lowest BCUT2D eigenvalue weighted by Gasteiger charge is -2.26. The van der Waals surface area contributed by atoms with Crippen LogP contribution < -0.4 is 4.90 Å². The summed E-state index contributed by atoms with van der Waals surface area (Å²) in [5, 5.41) is 4.12. The molecule has 0 aliphatic heterocycles. The van der Waals surface area contributed by atoms with E-state index in [2.05, 4.69) is 120 Å². The van der Waals surface area contributed by atoms with Crippen molar-refractivity contribution in [2.24, 2.45) is 0 Å². The lowest BCUT2D eigenvalue weighted by molar-refractivity contribution is 0.619. The highest BCUT2D eigenvalue weighted by Crippen LogP contribution is 2.45. The van der Waals surface area contributed by atoms with E-state index in [1.54, 1.807) is 0 Å². The van der Waals surface area contributed by atoms with Crippen molar-refractivity contribution >= 4 is 72.0 Å². The number of para-hydroxylation sites is 2. The molecule has 0 atom stereocenters. The van der Waals surface area contributed by atoms with Gasteiger partial charge in [0.15, 0.2) is 5.58 Å². The summed E-state index contributed by atoms with van der Waals surface area (Å²) in [4.78, 5) is 7.26. The number of hydrogen-bond donors (Lipinski definition) is 0. The molecule has 0 N–H and O–H groups in total. The Bertz CT molecular complexity index is 3140. The first kappa shape index (κ1) is 30.3. The van der Waals surface area contributed by atoms with Crippen molar-refractivity contribution in [1.82, 2.24) is 4.98 Å². The summed E-state index contributed by atoms with van der Waals surface area (Å²) in [7, 11) is 0. The van der Waals surface area contributed by atoms with Gasteiger partial charge in [0.1, 0.15) is 27.8 Å². The number of aromatic nitrogens is 1. The third kappa shape index (κ3) is 4.83. The molecule has 3 heterocycles. The lowest BCUT2D eigenvalue weighted by Crippen LogP contribution is -2.10. The molecule has 3 aromatic heterocycles. The summed E-state index contributed by atoms with van der Waals surface area (Å²) in [6, 6.07) is 62.7. The van der Waals surface area contributed by atoms with E-state index in [1.807, 2.05) is 66.7 Å². The smallest absolute Gasteiger partial charge is 0.227 e. The molecule has 11 rings (SSSR count). The van der Waals surface area contributed by atoms with Crippen molar-refractivity contribution in [3.63, 3.8) is 0 Å². The van der Waals surface area contributed by atoms with E-state index >= 15 is 0 Å². The van der Waals surface area contributed by atoms with Crippen LogP contribution in [0.2, 0.25) is 0 Å². The number of nitrogens with zero attached hydrogens (tertiary/aromatic N) is 2. The molecule has 0 saturated heterocycles. The standard InChI is InChI=1S/C49H30N2O3/c1-3-11-31(12-4-1)32-21-25-35(26-22-32)51(40-18-10-20-42-45(40)38-15-7-8-19-41(38)52-42)36-27-23-33(24-28-36)37-16-9-17-39-46-43(53-48(37)39)29-30-44-47(46)50-49(54-44)34-13-5-2-6-14-34/h1-30H. The Balaban J connectivity index is 1.04. The van der Waals surface area contributed by atoms with Gasteiger partial charge < -0.3 is 18.2 Å². The predicted molar refractivity (Wildman–Crippen MR) is 220 cm³/mol. The van der Waals surface area contributed by atoms with Crippen molar-refractivity contribution in [1.29, 1.82) is 0 Å². The Morgan fingerprint density at radius 2 is 0.963 bits per heavy atom. The van der Waals surface area contributed by atoms with Crippen LogP contribution in [0.5, 0.6) is 0 Å². The highest BCUT2D eigenvalue weighted by atomic mass is 16.4. The third-order valence-corrected chi connectivity index (χ3v) is 10.3. The molecular formula is C49H30N2O3. The normalized spacial score (nSPS) is 11.7. The second-order valence-electron chi connectivity index (χ2n) is 13.5. The zero-order valence-corrected chi connectivity index (χ0v) is 28.9. The minimum absolute atomic E-state index is 0.595.